The van der Waals surface area contributed by atoms with Gasteiger partial charge in [0.2, 0.25) is 11.8 Å². The van der Waals surface area contributed by atoms with E-state index in [1.165, 1.54) is 0 Å². The molecular formula is C25H31ClN2O3. The van der Waals surface area contributed by atoms with E-state index >= 15 is 0 Å². The summed E-state index contributed by atoms with van der Waals surface area (Å²) in [6, 6.07) is 15.4. The molecule has 31 heavy (non-hydrogen) atoms. The van der Waals surface area contributed by atoms with Gasteiger partial charge < -0.3 is 15.0 Å². The van der Waals surface area contributed by atoms with Crippen LogP contribution < -0.4 is 10.1 Å². The van der Waals surface area contributed by atoms with Crippen LogP contribution in [-0.4, -0.2) is 36.9 Å². The maximum Gasteiger partial charge on any atom is 0.222 e. The Morgan fingerprint density at radius 1 is 1.16 bits per heavy atom. The van der Waals surface area contributed by atoms with Crippen LogP contribution >= 0.6 is 11.6 Å². The van der Waals surface area contributed by atoms with Crippen LogP contribution in [0, 0.1) is 5.92 Å². The van der Waals surface area contributed by atoms with Gasteiger partial charge in [-0.1, -0.05) is 41.9 Å². The van der Waals surface area contributed by atoms with E-state index in [2.05, 4.69) is 5.32 Å². The molecule has 1 aliphatic heterocycles. The number of carbonyl (C=O) groups is 2. The van der Waals surface area contributed by atoms with E-state index in [1.807, 2.05) is 53.4 Å². The lowest BCUT2D eigenvalue weighted by Crippen LogP contribution is -2.40. The summed E-state index contributed by atoms with van der Waals surface area (Å²) in [5.74, 6) is 1.41. The highest BCUT2D eigenvalue weighted by atomic mass is 35.5. The highest BCUT2D eigenvalue weighted by Crippen LogP contribution is 2.22. The van der Waals surface area contributed by atoms with Gasteiger partial charge in [-0.05, 0) is 60.9 Å². The topological polar surface area (TPSA) is 58.6 Å². The van der Waals surface area contributed by atoms with Gasteiger partial charge in [-0.15, -0.1) is 0 Å². The fraction of sp³-hybridized carbons (Fsp3) is 0.440. The minimum atomic E-state index is 0.0291. The molecule has 1 heterocycles. The average molecular weight is 443 g/mol. The first kappa shape index (κ1) is 23.1. The maximum atomic E-state index is 12.7. The van der Waals surface area contributed by atoms with E-state index in [4.69, 9.17) is 16.3 Å². The lowest BCUT2D eigenvalue weighted by Gasteiger charge is -2.33. The quantitative estimate of drug-likeness (QED) is 0.616. The highest BCUT2D eigenvalue weighted by Gasteiger charge is 2.24. The smallest absolute Gasteiger partial charge is 0.222 e. The van der Waals surface area contributed by atoms with Crippen molar-refractivity contribution < 1.29 is 14.3 Å². The number of rotatable bonds is 9. The molecule has 6 heteroatoms. The van der Waals surface area contributed by atoms with Crippen LogP contribution in [0.2, 0.25) is 5.02 Å². The minimum Gasteiger partial charge on any atom is -0.497 e. The van der Waals surface area contributed by atoms with E-state index in [1.54, 1.807) is 7.11 Å². The first-order valence-electron chi connectivity index (χ1n) is 11.0. The third kappa shape index (κ3) is 7.28. The van der Waals surface area contributed by atoms with Crippen LogP contribution in [0.5, 0.6) is 5.75 Å². The Kier molecular flexibility index (Phi) is 8.77. The van der Waals surface area contributed by atoms with Gasteiger partial charge in [-0.3, -0.25) is 9.59 Å². The Balaban J connectivity index is 1.39. The number of nitrogens with one attached hydrogen (secondary N) is 1. The first-order chi connectivity index (χ1) is 15.0. The van der Waals surface area contributed by atoms with Crippen LogP contribution in [0.1, 0.15) is 43.2 Å². The molecule has 0 spiro atoms. The van der Waals surface area contributed by atoms with Crippen molar-refractivity contribution >= 4 is 23.4 Å². The van der Waals surface area contributed by atoms with Crippen molar-refractivity contribution in [3.8, 4) is 5.75 Å². The number of piperidine rings is 1. The Bertz CT molecular complexity index is 887. The van der Waals surface area contributed by atoms with E-state index < -0.39 is 0 Å². The van der Waals surface area contributed by atoms with Gasteiger partial charge in [0.05, 0.1) is 7.11 Å². The highest BCUT2D eigenvalue weighted by molar-refractivity contribution is 6.31. The van der Waals surface area contributed by atoms with Gasteiger partial charge in [0.15, 0.2) is 0 Å². The molecule has 3 rings (SSSR count). The number of ether oxygens (including phenoxy) is 1. The van der Waals surface area contributed by atoms with E-state index in [9.17, 15) is 9.59 Å². The summed E-state index contributed by atoms with van der Waals surface area (Å²) in [7, 11) is 1.65. The summed E-state index contributed by atoms with van der Waals surface area (Å²) in [6.07, 6.45) is 4.54. The monoisotopic (exact) mass is 442 g/mol. The molecule has 1 aliphatic rings. The molecule has 5 nitrogen and oxygen atoms in total. The van der Waals surface area contributed by atoms with Gasteiger partial charge in [0.25, 0.3) is 0 Å². The van der Waals surface area contributed by atoms with Crippen LogP contribution in [0.25, 0.3) is 0 Å². The number of carbonyl (C=O) groups excluding carboxylic acids is 2. The number of aryl methyl sites for hydroxylation is 1. The Hall–Kier alpha value is -2.53. The number of amides is 2. The van der Waals surface area contributed by atoms with Crippen molar-refractivity contribution in [1.82, 2.24) is 10.2 Å². The van der Waals surface area contributed by atoms with E-state index in [-0.39, 0.29) is 11.8 Å². The van der Waals surface area contributed by atoms with Crippen molar-refractivity contribution in [2.45, 2.75) is 45.1 Å². The molecule has 2 aromatic rings. The number of halogens is 1. The number of likely N-dealkylation sites (tertiary alicyclic amines) is 1. The van der Waals surface area contributed by atoms with Gasteiger partial charge in [-0.2, -0.15) is 0 Å². The molecule has 1 unspecified atom stereocenters. The molecule has 166 valence electrons. The van der Waals surface area contributed by atoms with Crippen molar-refractivity contribution in [2.75, 3.05) is 20.2 Å². The second-order valence-corrected chi connectivity index (χ2v) is 8.51. The largest absolute Gasteiger partial charge is 0.497 e. The predicted octanol–water partition coefficient (Wildman–Crippen LogP) is 4.62. The van der Waals surface area contributed by atoms with E-state index in [0.717, 1.165) is 49.2 Å². The fourth-order valence-electron chi connectivity index (χ4n) is 4.02. The number of hydrogen-bond donors (Lipinski definition) is 1. The van der Waals surface area contributed by atoms with Gasteiger partial charge in [0, 0.05) is 37.5 Å². The summed E-state index contributed by atoms with van der Waals surface area (Å²) in [5, 5.41) is 3.61. The zero-order valence-electron chi connectivity index (χ0n) is 18.1. The second kappa shape index (κ2) is 11.8. The molecule has 0 bridgehead atoms. The molecule has 0 radical (unpaired) electrons. The molecule has 0 saturated carbocycles. The first-order valence-corrected chi connectivity index (χ1v) is 11.3. The van der Waals surface area contributed by atoms with Crippen molar-refractivity contribution in [3.63, 3.8) is 0 Å². The molecule has 0 aromatic heterocycles. The average Bonchev–Trinajstić information content (AvgIpc) is 2.81. The van der Waals surface area contributed by atoms with Crippen molar-refractivity contribution in [3.05, 3.63) is 64.7 Å². The van der Waals surface area contributed by atoms with Crippen LogP contribution in [-0.2, 0) is 22.6 Å². The SMILES string of the molecule is COc1cccc(CCC(=O)N2CCCC(CCC(=O)NCc3ccccc3Cl)C2)c1. The minimum absolute atomic E-state index is 0.0291. The van der Waals surface area contributed by atoms with Gasteiger partial charge >= 0.3 is 0 Å². The van der Waals surface area contributed by atoms with Gasteiger partial charge in [0.1, 0.15) is 5.75 Å². The van der Waals surface area contributed by atoms with Crippen molar-refractivity contribution in [2.24, 2.45) is 5.92 Å². The Morgan fingerprint density at radius 3 is 2.81 bits per heavy atom. The summed E-state index contributed by atoms with van der Waals surface area (Å²) in [4.78, 5) is 26.9. The molecule has 2 aromatic carbocycles. The predicted molar refractivity (Wildman–Crippen MR) is 123 cm³/mol. The molecule has 1 saturated heterocycles. The van der Waals surface area contributed by atoms with Gasteiger partial charge in [-0.25, -0.2) is 0 Å². The number of nitrogens with zero attached hydrogens (tertiary/aromatic N) is 1. The molecule has 1 fully saturated rings. The van der Waals surface area contributed by atoms with Crippen LogP contribution in [0.3, 0.4) is 0 Å². The zero-order chi connectivity index (χ0) is 22.1. The molecule has 2 amide bonds. The Labute approximate surface area is 189 Å². The number of hydrogen-bond acceptors (Lipinski definition) is 3. The molecule has 0 aliphatic carbocycles. The van der Waals surface area contributed by atoms with Crippen LogP contribution in [0.15, 0.2) is 48.5 Å². The number of methoxy groups -OCH3 is 1. The lowest BCUT2D eigenvalue weighted by atomic mass is 9.93. The van der Waals surface area contributed by atoms with Crippen molar-refractivity contribution in [1.29, 1.82) is 0 Å². The second-order valence-electron chi connectivity index (χ2n) is 8.11. The fourth-order valence-corrected chi connectivity index (χ4v) is 4.23. The summed E-state index contributed by atoms with van der Waals surface area (Å²) in [6.45, 7) is 2.00. The number of benzene rings is 2. The molecule has 1 atom stereocenters. The van der Waals surface area contributed by atoms with E-state index in [0.29, 0.717) is 36.7 Å². The lowest BCUT2D eigenvalue weighted by molar-refractivity contribution is -0.133. The molecule has 1 N–H and O–H groups in total. The zero-order valence-corrected chi connectivity index (χ0v) is 18.9. The standard InChI is InChI=1S/C25H31ClN2O3/c1-31-22-9-4-6-19(16-22)12-14-25(30)28-15-5-7-20(18-28)11-13-24(29)27-17-21-8-2-3-10-23(21)26/h2-4,6,8-10,16,20H,5,7,11-15,17-18H2,1H3,(H,27,29). The third-order valence-corrected chi connectivity index (χ3v) is 6.22. The summed E-state index contributed by atoms with van der Waals surface area (Å²) >= 11 is 6.14. The van der Waals surface area contributed by atoms with Crippen LogP contribution in [0.4, 0.5) is 0 Å². The summed E-state index contributed by atoms with van der Waals surface area (Å²) in [5.41, 5.74) is 2.03. The normalized spacial score (nSPS) is 16.1. The Morgan fingerprint density at radius 2 is 2.00 bits per heavy atom. The third-order valence-electron chi connectivity index (χ3n) is 5.85. The maximum absolute atomic E-state index is 12.7. The molecular weight excluding hydrogens is 412 g/mol. The summed E-state index contributed by atoms with van der Waals surface area (Å²) < 4.78 is 5.25.